The first kappa shape index (κ1) is 24.2. The number of aromatic nitrogens is 2. The normalized spacial score (nSPS) is 38.3. The summed E-state index contributed by atoms with van der Waals surface area (Å²) in [6.07, 6.45) is 11.3. The van der Waals surface area contributed by atoms with E-state index < -0.39 is 11.6 Å². The van der Waals surface area contributed by atoms with Crippen molar-refractivity contribution in [1.29, 1.82) is 0 Å². The summed E-state index contributed by atoms with van der Waals surface area (Å²) < 4.78 is 13.4. The number of methoxy groups -OCH3 is 1. The molecule has 5 aliphatic carbocycles. The fourth-order valence-corrected chi connectivity index (χ4v) is 9.86. The first-order valence-corrected chi connectivity index (χ1v) is 14.7. The molecule has 9 heteroatoms. The van der Waals surface area contributed by atoms with Gasteiger partial charge in [-0.25, -0.2) is 4.98 Å². The van der Waals surface area contributed by atoms with Crippen LogP contribution < -0.4 is 15.8 Å². The van der Waals surface area contributed by atoms with Crippen LogP contribution in [0.15, 0.2) is 24.7 Å². The van der Waals surface area contributed by atoms with Gasteiger partial charge in [-0.1, -0.05) is 6.07 Å². The summed E-state index contributed by atoms with van der Waals surface area (Å²) in [6.45, 7) is 2.76. The number of nitrogens with one attached hydrogen (secondary N) is 2. The third-order valence-electron chi connectivity index (χ3n) is 11.6. The predicted molar refractivity (Wildman–Crippen MR) is 143 cm³/mol. The van der Waals surface area contributed by atoms with Crippen molar-refractivity contribution in [3.05, 3.63) is 41.5 Å². The van der Waals surface area contributed by atoms with Crippen molar-refractivity contribution in [1.82, 2.24) is 20.2 Å². The molecule has 4 saturated carbocycles. The number of hydrogen-bond acceptors (Lipinski definition) is 7. The van der Waals surface area contributed by atoms with Gasteiger partial charge in [0.25, 0.3) is 0 Å². The zero-order valence-electron chi connectivity index (χ0n) is 22.6. The number of fused-ring (bicyclic) bond motifs is 2. The Kier molecular flexibility index (Phi) is 5.09. The van der Waals surface area contributed by atoms with Gasteiger partial charge in [-0.15, -0.1) is 0 Å². The molecule has 2 spiro atoms. The van der Waals surface area contributed by atoms with Crippen LogP contribution in [0.1, 0.15) is 55.3 Å². The van der Waals surface area contributed by atoms with Crippen LogP contribution >= 0.6 is 0 Å². The molecular formula is C30H39N5O4. The Bertz CT molecular complexity index is 1310. The third-order valence-corrected chi connectivity index (χ3v) is 11.6. The Labute approximate surface area is 228 Å². The highest BCUT2D eigenvalue weighted by Crippen LogP contribution is 2.76. The second-order valence-corrected chi connectivity index (χ2v) is 13.2. The Morgan fingerprint density at radius 3 is 3.00 bits per heavy atom. The number of H-pyrrole nitrogens is 1. The van der Waals surface area contributed by atoms with E-state index in [2.05, 4.69) is 26.3 Å². The van der Waals surface area contributed by atoms with Gasteiger partial charge < -0.3 is 30.6 Å². The van der Waals surface area contributed by atoms with Gasteiger partial charge in [0.05, 0.1) is 18.1 Å². The number of phenols is 1. The van der Waals surface area contributed by atoms with Gasteiger partial charge in [0.15, 0.2) is 11.5 Å². The van der Waals surface area contributed by atoms with E-state index in [0.717, 1.165) is 50.3 Å². The van der Waals surface area contributed by atoms with Crippen molar-refractivity contribution in [2.45, 2.75) is 80.6 Å². The summed E-state index contributed by atoms with van der Waals surface area (Å²) in [5.41, 5.74) is 8.99. The number of rotatable bonds is 8. The first-order chi connectivity index (χ1) is 18.9. The molecule has 1 aromatic heterocycles. The fraction of sp³-hybridized carbons (Fsp3) is 0.667. The van der Waals surface area contributed by atoms with Crippen LogP contribution in [0.25, 0.3) is 0 Å². The number of amides is 1. The minimum Gasteiger partial charge on any atom is -0.504 e. The Balaban J connectivity index is 1.16. The predicted octanol–water partition coefficient (Wildman–Crippen LogP) is 2.03. The zero-order valence-corrected chi connectivity index (χ0v) is 22.6. The lowest BCUT2D eigenvalue weighted by Gasteiger charge is -2.74. The number of nitrogens with zero attached hydrogens (tertiary/aromatic N) is 2. The summed E-state index contributed by atoms with van der Waals surface area (Å²) in [4.78, 5) is 23.1. The molecule has 39 heavy (non-hydrogen) atoms. The largest absolute Gasteiger partial charge is 0.504 e. The van der Waals surface area contributed by atoms with Crippen LogP contribution in [0.2, 0.25) is 0 Å². The molecule has 4 bridgehead atoms. The zero-order chi connectivity index (χ0) is 26.6. The number of hydrogen-bond donors (Lipinski definition) is 4. The number of benzene rings is 1. The second-order valence-electron chi connectivity index (χ2n) is 13.2. The van der Waals surface area contributed by atoms with E-state index >= 15 is 0 Å². The highest BCUT2D eigenvalue weighted by Gasteiger charge is 2.80. The Morgan fingerprint density at radius 1 is 1.36 bits per heavy atom. The van der Waals surface area contributed by atoms with Crippen LogP contribution in [0.4, 0.5) is 0 Å². The molecular weight excluding hydrogens is 494 g/mol. The minimum atomic E-state index is -0.660. The van der Waals surface area contributed by atoms with Gasteiger partial charge in [-0.05, 0) is 69.0 Å². The fourth-order valence-electron chi connectivity index (χ4n) is 9.86. The van der Waals surface area contributed by atoms with Crippen molar-refractivity contribution in [3.63, 3.8) is 0 Å². The number of phenolic OH excluding ortho intramolecular Hbond substituents is 1. The molecule has 2 unspecified atom stereocenters. The minimum absolute atomic E-state index is 0.0314. The molecule has 1 aromatic carbocycles. The standard InChI is InChI=1S/C30H39N5O4/c1-38-30-7-6-28(12-19(30)13-33-26(37)21(31)11-20-14-32-16-34-20)23-10-18-4-5-22(36)25-24(18)29(28,27(30)39-25)8-9-35(23)15-17-2-3-17/h4-5,14,16-17,19,21,23,27,36H,2-3,6-13,15,31H2,1H3,(H,32,34)(H,33,37)/t19-,21+,23-,27?,28-,29+,30?/m1/s1. The van der Waals surface area contributed by atoms with Crippen molar-refractivity contribution in [3.8, 4) is 11.5 Å². The molecule has 0 radical (unpaired) electrons. The number of imidazole rings is 1. The van der Waals surface area contributed by atoms with Gasteiger partial charge in [-0.3, -0.25) is 9.69 Å². The van der Waals surface area contributed by atoms with Gasteiger partial charge in [0, 0.05) is 61.2 Å². The number of piperidine rings is 1. The van der Waals surface area contributed by atoms with E-state index in [1.807, 2.05) is 13.2 Å². The molecule has 208 valence electrons. The maximum absolute atomic E-state index is 13.1. The van der Waals surface area contributed by atoms with Gasteiger partial charge in [0.1, 0.15) is 11.7 Å². The van der Waals surface area contributed by atoms with E-state index in [1.165, 1.54) is 30.5 Å². The van der Waals surface area contributed by atoms with Crippen molar-refractivity contribution >= 4 is 5.91 Å². The summed E-state index contributed by atoms with van der Waals surface area (Å²) in [6, 6.07) is 3.74. The highest BCUT2D eigenvalue weighted by atomic mass is 16.6. The molecule has 9 nitrogen and oxygen atoms in total. The molecule has 9 rings (SSSR count). The number of aromatic hydroxyl groups is 1. The number of nitrogens with two attached hydrogens (primary N) is 1. The molecule has 7 atom stereocenters. The van der Waals surface area contributed by atoms with E-state index in [9.17, 15) is 9.90 Å². The number of carbonyl (C=O) groups is 1. The number of ether oxygens (including phenoxy) is 2. The third kappa shape index (κ3) is 3.07. The number of carbonyl (C=O) groups excluding carboxylic acids is 1. The second kappa shape index (κ2) is 8.21. The molecule has 2 aliphatic heterocycles. The van der Waals surface area contributed by atoms with Crippen molar-refractivity contribution < 1.29 is 19.4 Å². The van der Waals surface area contributed by atoms with Crippen molar-refractivity contribution in [2.24, 2.45) is 23.0 Å². The molecule has 1 amide bonds. The van der Waals surface area contributed by atoms with E-state index in [4.69, 9.17) is 15.2 Å². The van der Waals surface area contributed by atoms with Gasteiger partial charge in [-0.2, -0.15) is 0 Å². The Hall–Kier alpha value is -2.62. The molecule has 7 aliphatic rings. The summed E-state index contributed by atoms with van der Waals surface area (Å²) >= 11 is 0. The van der Waals surface area contributed by atoms with Crippen LogP contribution in [-0.2, 0) is 27.8 Å². The monoisotopic (exact) mass is 533 g/mol. The highest BCUT2D eigenvalue weighted by molar-refractivity contribution is 5.81. The van der Waals surface area contributed by atoms with Crippen LogP contribution in [-0.4, -0.2) is 76.4 Å². The number of likely N-dealkylation sites (tertiary alicyclic amines) is 1. The quantitative estimate of drug-likeness (QED) is 0.409. The molecule has 5 N–H and O–H groups in total. The van der Waals surface area contributed by atoms with Crippen LogP contribution in [0.3, 0.4) is 0 Å². The first-order valence-electron chi connectivity index (χ1n) is 14.7. The molecule has 5 fully saturated rings. The van der Waals surface area contributed by atoms with Crippen molar-refractivity contribution in [2.75, 3.05) is 26.7 Å². The van der Waals surface area contributed by atoms with E-state index in [1.54, 1.807) is 12.5 Å². The lowest BCUT2D eigenvalue weighted by atomic mass is 9.35. The average molecular weight is 534 g/mol. The van der Waals surface area contributed by atoms with E-state index in [0.29, 0.717) is 24.8 Å². The summed E-state index contributed by atoms with van der Waals surface area (Å²) in [5.74, 6) is 1.69. The summed E-state index contributed by atoms with van der Waals surface area (Å²) in [5, 5.41) is 14.2. The molecule has 2 aromatic rings. The molecule has 1 saturated heterocycles. The van der Waals surface area contributed by atoms with Gasteiger partial charge in [0.2, 0.25) is 5.91 Å². The maximum Gasteiger partial charge on any atom is 0.237 e. The smallest absolute Gasteiger partial charge is 0.237 e. The van der Waals surface area contributed by atoms with E-state index in [-0.39, 0.29) is 34.5 Å². The molecule has 3 heterocycles. The van der Waals surface area contributed by atoms with Gasteiger partial charge >= 0.3 is 0 Å². The van der Waals surface area contributed by atoms with Crippen LogP contribution in [0.5, 0.6) is 11.5 Å². The Morgan fingerprint density at radius 2 is 2.23 bits per heavy atom. The lowest BCUT2D eigenvalue weighted by molar-refractivity contribution is -0.276. The topological polar surface area (TPSA) is 126 Å². The summed E-state index contributed by atoms with van der Waals surface area (Å²) in [7, 11) is 1.81. The number of aromatic amines is 1. The van der Waals surface area contributed by atoms with Crippen LogP contribution in [0, 0.1) is 17.3 Å². The SMILES string of the molecule is COC12CC[C@@]3(C[C@@H]1CNC(=O)[C@@H](N)Cc1c[nH]cn1)[C@H]1Cc4ccc(O)c5c4[C@@]3(CCN1CC1CC1)C2O5. The lowest BCUT2D eigenvalue weighted by Crippen LogP contribution is -2.81. The maximum atomic E-state index is 13.1. The average Bonchev–Trinajstić information content (AvgIpc) is 3.46.